The summed E-state index contributed by atoms with van der Waals surface area (Å²) in [6, 6.07) is 1.20. The van der Waals surface area contributed by atoms with E-state index in [-0.39, 0.29) is 0 Å². The molecule has 0 bridgehead atoms. The van der Waals surface area contributed by atoms with Crippen molar-refractivity contribution in [2.24, 2.45) is 5.92 Å². The van der Waals surface area contributed by atoms with Crippen molar-refractivity contribution in [3.05, 3.63) is 0 Å². The molecule has 1 fully saturated rings. The van der Waals surface area contributed by atoms with Crippen molar-refractivity contribution in [2.75, 3.05) is 7.05 Å². The monoisotopic (exact) mass is 171 g/mol. The molecule has 3 nitrogen and oxygen atoms in total. The number of hydrogen-bond donors (Lipinski definition) is 2. The molecule has 0 spiro atoms. The zero-order valence-electron chi connectivity index (χ0n) is 8.59. The van der Waals surface area contributed by atoms with E-state index in [0.29, 0.717) is 18.0 Å². The Kier molecular flexibility index (Phi) is 3.50. The number of hydrogen-bond acceptors (Lipinski definition) is 3. The Morgan fingerprint density at radius 3 is 2.50 bits per heavy atom. The van der Waals surface area contributed by atoms with E-state index >= 15 is 0 Å². The predicted octanol–water partition coefficient (Wildman–Crippen LogP) is 1.13. The van der Waals surface area contributed by atoms with Gasteiger partial charge in [-0.2, -0.15) is 5.12 Å². The minimum Gasteiger partial charge on any atom is -0.237 e. The maximum atomic E-state index is 3.41. The van der Waals surface area contributed by atoms with E-state index in [0.717, 1.165) is 0 Å². The van der Waals surface area contributed by atoms with E-state index in [1.165, 1.54) is 12.8 Å². The Balaban J connectivity index is 2.47. The molecule has 0 saturated carbocycles. The van der Waals surface area contributed by atoms with Gasteiger partial charge in [0.2, 0.25) is 0 Å². The van der Waals surface area contributed by atoms with Crippen LogP contribution in [0.1, 0.15) is 33.6 Å². The van der Waals surface area contributed by atoms with Crippen molar-refractivity contribution in [1.29, 1.82) is 0 Å². The largest absolute Gasteiger partial charge is 0.237 e. The third-order valence-corrected chi connectivity index (χ3v) is 2.45. The van der Waals surface area contributed by atoms with E-state index < -0.39 is 0 Å². The lowest BCUT2D eigenvalue weighted by Crippen LogP contribution is -2.38. The second-order valence-electron chi connectivity index (χ2n) is 3.98. The molecule has 12 heavy (non-hydrogen) atoms. The molecule has 1 heterocycles. The Morgan fingerprint density at radius 1 is 1.33 bits per heavy atom. The number of rotatable bonds is 3. The van der Waals surface area contributed by atoms with Crippen LogP contribution in [0.25, 0.3) is 0 Å². The van der Waals surface area contributed by atoms with E-state index in [1.54, 1.807) is 0 Å². The van der Waals surface area contributed by atoms with Gasteiger partial charge < -0.3 is 0 Å². The smallest absolute Gasteiger partial charge is 0.0418 e. The van der Waals surface area contributed by atoms with Crippen LogP contribution in [-0.4, -0.2) is 24.2 Å². The first-order valence-electron chi connectivity index (χ1n) is 4.91. The first-order valence-corrected chi connectivity index (χ1v) is 4.91. The van der Waals surface area contributed by atoms with Crippen molar-refractivity contribution in [3.8, 4) is 0 Å². The summed E-state index contributed by atoms with van der Waals surface area (Å²) in [6.07, 6.45) is 2.50. The van der Waals surface area contributed by atoms with Crippen LogP contribution < -0.4 is 10.9 Å². The average molecular weight is 171 g/mol. The lowest BCUT2D eigenvalue weighted by Gasteiger charge is -2.20. The minimum atomic E-state index is 0.593. The van der Waals surface area contributed by atoms with Crippen LogP contribution in [0.3, 0.4) is 0 Å². The molecule has 2 N–H and O–H groups in total. The van der Waals surface area contributed by atoms with Gasteiger partial charge in [-0.05, 0) is 12.3 Å². The zero-order valence-corrected chi connectivity index (χ0v) is 8.59. The lowest BCUT2D eigenvalue weighted by molar-refractivity contribution is 0.208. The fraction of sp³-hybridized carbons (Fsp3) is 1.00. The molecular formula is C9H21N3. The third kappa shape index (κ3) is 2.19. The van der Waals surface area contributed by atoms with Gasteiger partial charge in [0.05, 0.1) is 0 Å². The first kappa shape index (κ1) is 9.96. The van der Waals surface area contributed by atoms with Gasteiger partial charge in [-0.3, -0.25) is 0 Å². The molecule has 2 unspecified atom stereocenters. The SMILES string of the molecule is CCCC1NN(C)NC1C(C)C. The lowest BCUT2D eigenvalue weighted by atomic mass is 9.95. The first-order chi connectivity index (χ1) is 5.65. The molecule has 0 aromatic heterocycles. The molecule has 1 saturated heterocycles. The summed E-state index contributed by atoms with van der Waals surface area (Å²) < 4.78 is 0. The number of hydrazine groups is 2. The highest BCUT2D eigenvalue weighted by molar-refractivity contribution is 4.86. The molecule has 3 heteroatoms. The van der Waals surface area contributed by atoms with Crippen LogP contribution in [0, 0.1) is 5.92 Å². The maximum absolute atomic E-state index is 3.41. The number of nitrogens with zero attached hydrogens (tertiary/aromatic N) is 1. The van der Waals surface area contributed by atoms with Crippen LogP contribution in [0.4, 0.5) is 0 Å². The van der Waals surface area contributed by atoms with Crippen LogP contribution in [0.2, 0.25) is 0 Å². The molecular weight excluding hydrogens is 150 g/mol. The molecule has 72 valence electrons. The van der Waals surface area contributed by atoms with Gasteiger partial charge in [0.1, 0.15) is 0 Å². The quantitative estimate of drug-likeness (QED) is 0.666. The van der Waals surface area contributed by atoms with Crippen molar-refractivity contribution in [3.63, 3.8) is 0 Å². The predicted molar refractivity (Wildman–Crippen MR) is 51.4 cm³/mol. The minimum absolute atomic E-state index is 0.593. The van der Waals surface area contributed by atoms with Gasteiger partial charge in [-0.15, -0.1) is 0 Å². The average Bonchev–Trinajstić information content (AvgIpc) is 2.32. The maximum Gasteiger partial charge on any atom is 0.0418 e. The zero-order chi connectivity index (χ0) is 9.14. The van der Waals surface area contributed by atoms with Gasteiger partial charge in [0.25, 0.3) is 0 Å². The summed E-state index contributed by atoms with van der Waals surface area (Å²) in [5.74, 6) is 0.694. The van der Waals surface area contributed by atoms with Crippen molar-refractivity contribution >= 4 is 0 Å². The standard InChI is InChI=1S/C9H21N3/c1-5-6-8-9(7(2)3)11-12(4)10-8/h7-11H,5-6H2,1-4H3. The normalized spacial score (nSPS) is 31.8. The van der Waals surface area contributed by atoms with Crippen molar-refractivity contribution in [1.82, 2.24) is 16.0 Å². The van der Waals surface area contributed by atoms with Gasteiger partial charge in [-0.25, -0.2) is 10.9 Å². The molecule has 0 aromatic rings. The summed E-state index contributed by atoms with van der Waals surface area (Å²) in [4.78, 5) is 0. The summed E-state index contributed by atoms with van der Waals surface area (Å²) in [5.41, 5.74) is 6.82. The Hall–Kier alpha value is -0.120. The van der Waals surface area contributed by atoms with Gasteiger partial charge in [0, 0.05) is 19.1 Å². The van der Waals surface area contributed by atoms with Gasteiger partial charge >= 0.3 is 0 Å². The van der Waals surface area contributed by atoms with Gasteiger partial charge in [0.15, 0.2) is 0 Å². The second-order valence-corrected chi connectivity index (χ2v) is 3.98. The molecule has 2 atom stereocenters. The summed E-state index contributed by atoms with van der Waals surface area (Å²) in [5, 5.41) is 1.99. The molecule has 0 aromatic carbocycles. The number of nitrogens with one attached hydrogen (secondary N) is 2. The molecule has 0 radical (unpaired) electrons. The highest BCUT2D eigenvalue weighted by Gasteiger charge is 2.30. The summed E-state index contributed by atoms with van der Waals surface area (Å²) >= 11 is 0. The molecule has 1 aliphatic rings. The van der Waals surface area contributed by atoms with Crippen LogP contribution >= 0.6 is 0 Å². The van der Waals surface area contributed by atoms with E-state index in [4.69, 9.17) is 0 Å². The Labute approximate surface area is 75.5 Å². The van der Waals surface area contributed by atoms with E-state index in [1.807, 2.05) is 12.2 Å². The highest BCUT2D eigenvalue weighted by atomic mass is 15.8. The second kappa shape index (κ2) is 4.21. The van der Waals surface area contributed by atoms with E-state index in [2.05, 4.69) is 31.6 Å². The van der Waals surface area contributed by atoms with Crippen LogP contribution in [0.5, 0.6) is 0 Å². The molecule has 0 amide bonds. The Bertz CT molecular complexity index is 136. The van der Waals surface area contributed by atoms with Gasteiger partial charge in [-0.1, -0.05) is 27.2 Å². The molecule has 1 aliphatic heterocycles. The Morgan fingerprint density at radius 2 is 2.00 bits per heavy atom. The summed E-state index contributed by atoms with van der Waals surface area (Å²) in [6.45, 7) is 6.76. The van der Waals surface area contributed by atoms with Crippen molar-refractivity contribution in [2.45, 2.75) is 45.7 Å². The highest BCUT2D eigenvalue weighted by Crippen LogP contribution is 2.15. The van der Waals surface area contributed by atoms with Crippen LogP contribution in [0.15, 0.2) is 0 Å². The summed E-state index contributed by atoms with van der Waals surface area (Å²) in [7, 11) is 2.03. The molecule has 0 aliphatic carbocycles. The third-order valence-electron chi connectivity index (χ3n) is 2.45. The molecule has 1 rings (SSSR count). The van der Waals surface area contributed by atoms with Crippen LogP contribution in [-0.2, 0) is 0 Å². The topological polar surface area (TPSA) is 27.3 Å². The van der Waals surface area contributed by atoms with Crippen molar-refractivity contribution < 1.29 is 0 Å². The van der Waals surface area contributed by atoms with E-state index in [9.17, 15) is 0 Å². The fourth-order valence-electron chi connectivity index (χ4n) is 1.85. The fourth-order valence-corrected chi connectivity index (χ4v) is 1.85.